The van der Waals surface area contributed by atoms with Crippen LogP contribution < -0.4 is 5.32 Å². The van der Waals surface area contributed by atoms with Crippen LogP contribution in [0.25, 0.3) is 5.00 Å². The Morgan fingerprint density at radius 3 is 2.51 bits per heavy atom. The Labute approximate surface area is 209 Å². The summed E-state index contributed by atoms with van der Waals surface area (Å²) in [6.45, 7) is 4.58. The van der Waals surface area contributed by atoms with Crippen molar-refractivity contribution in [1.29, 1.82) is 0 Å². The van der Waals surface area contributed by atoms with E-state index >= 15 is 0 Å². The Balaban J connectivity index is 1.49. The highest BCUT2D eigenvalue weighted by Crippen LogP contribution is 2.44. The molecule has 6 heteroatoms. The standard InChI is InChI=1S/C29H28FN3OS/c1-18-14-19(2)16-22(15-18)31-29(34)33-17-24-23-6-3-4-8-26(23)35-28(24)32-13-5-7-25(32)27(33)20-9-11-21(30)12-10-20/h5,7,9-16,27H,3-4,6,8,17H2,1-2H3,(H,31,34)/t27-/m1/s1. The first kappa shape index (κ1) is 22.1. The Kier molecular flexibility index (Phi) is 5.49. The number of hydrogen-bond acceptors (Lipinski definition) is 2. The van der Waals surface area contributed by atoms with E-state index in [9.17, 15) is 9.18 Å². The average Bonchev–Trinajstić information content (AvgIpc) is 3.41. The topological polar surface area (TPSA) is 37.3 Å². The van der Waals surface area contributed by atoms with Gasteiger partial charge in [0.05, 0.1) is 18.3 Å². The molecule has 0 saturated heterocycles. The van der Waals surface area contributed by atoms with Crippen LogP contribution in [-0.2, 0) is 19.4 Å². The zero-order chi connectivity index (χ0) is 24.1. The van der Waals surface area contributed by atoms with Crippen LogP contribution in [0.15, 0.2) is 60.8 Å². The van der Waals surface area contributed by atoms with Crippen LogP contribution in [0.3, 0.4) is 0 Å². The molecule has 2 aromatic heterocycles. The monoisotopic (exact) mass is 485 g/mol. The van der Waals surface area contributed by atoms with E-state index in [1.807, 2.05) is 48.3 Å². The number of carbonyl (C=O) groups is 1. The Morgan fingerprint density at radius 1 is 1.00 bits per heavy atom. The predicted octanol–water partition coefficient (Wildman–Crippen LogP) is 7.31. The number of aryl methyl sites for hydroxylation is 3. The molecular weight excluding hydrogens is 457 g/mol. The second-order valence-corrected chi connectivity index (χ2v) is 10.8. The highest BCUT2D eigenvalue weighted by atomic mass is 32.1. The number of fused-ring (bicyclic) bond motifs is 5. The molecular formula is C29H28FN3OS. The summed E-state index contributed by atoms with van der Waals surface area (Å²) in [5, 5.41) is 4.38. The minimum Gasteiger partial charge on any atom is -0.310 e. The van der Waals surface area contributed by atoms with Crippen LogP contribution in [0.4, 0.5) is 14.9 Å². The van der Waals surface area contributed by atoms with Crippen molar-refractivity contribution in [3.8, 4) is 5.00 Å². The van der Waals surface area contributed by atoms with Gasteiger partial charge >= 0.3 is 6.03 Å². The summed E-state index contributed by atoms with van der Waals surface area (Å²) < 4.78 is 16.1. The number of amides is 2. The second kappa shape index (κ2) is 8.68. The van der Waals surface area contributed by atoms with E-state index < -0.39 is 0 Å². The number of carbonyl (C=O) groups excluding carboxylic acids is 1. The number of nitrogens with zero attached hydrogens (tertiary/aromatic N) is 2. The molecule has 3 heterocycles. The van der Waals surface area contributed by atoms with Gasteiger partial charge in [0.2, 0.25) is 0 Å². The number of rotatable bonds is 2. The highest BCUT2D eigenvalue weighted by Gasteiger charge is 2.36. The van der Waals surface area contributed by atoms with Crippen LogP contribution in [0.2, 0.25) is 0 Å². The number of thiophene rings is 1. The quantitative estimate of drug-likeness (QED) is 0.318. The number of hydrogen-bond donors (Lipinski definition) is 1. The number of anilines is 1. The summed E-state index contributed by atoms with van der Waals surface area (Å²) in [4.78, 5) is 17.3. The lowest BCUT2D eigenvalue weighted by Gasteiger charge is -2.31. The fraction of sp³-hybridized carbons (Fsp3) is 0.276. The highest BCUT2D eigenvalue weighted by molar-refractivity contribution is 7.15. The third-order valence-corrected chi connectivity index (χ3v) is 8.43. The molecule has 0 radical (unpaired) electrons. The molecule has 0 fully saturated rings. The van der Waals surface area contributed by atoms with E-state index in [1.54, 1.807) is 12.1 Å². The van der Waals surface area contributed by atoms with E-state index in [4.69, 9.17) is 0 Å². The molecule has 0 spiro atoms. The minimum absolute atomic E-state index is 0.152. The van der Waals surface area contributed by atoms with Gasteiger partial charge in [-0.05, 0) is 98.2 Å². The molecule has 2 aromatic carbocycles. The van der Waals surface area contributed by atoms with E-state index in [2.05, 4.69) is 28.2 Å². The van der Waals surface area contributed by atoms with Crippen LogP contribution in [0.1, 0.15) is 57.3 Å². The fourth-order valence-corrected chi connectivity index (χ4v) is 7.03. The molecule has 0 bridgehead atoms. The first-order chi connectivity index (χ1) is 17.0. The van der Waals surface area contributed by atoms with Crippen molar-refractivity contribution in [2.24, 2.45) is 0 Å². The van der Waals surface area contributed by atoms with Crippen molar-refractivity contribution in [2.45, 2.75) is 52.1 Å². The predicted molar refractivity (Wildman–Crippen MR) is 139 cm³/mol. The summed E-state index contributed by atoms with van der Waals surface area (Å²) in [6.07, 6.45) is 6.67. The maximum Gasteiger partial charge on any atom is 0.322 e. The Morgan fingerprint density at radius 2 is 1.74 bits per heavy atom. The molecule has 1 aliphatic heterocycles. The van der Waals surface area contributed by atoms with Gasteiger partial charge in [0.15, 0.2) is 0 Å². The van der Waals surface area contributed by atoms with Crippen LogP contribution in [-0.4, -0.2) is 15.5 Å². The number of aromatic nitrogens is 1. The van der Waals surface area contributed by atoms with Gasteiger partial charge in [-0.15, -0.1) is 11.3 Å². The Hall–Kier alpha value is -3.38. The van der Waals surface area contributed by atoms with E-state index in [0.717, 1.165) is 40.9 Å². The molecule has 0 saturated carbocycles. The fourth-order valence-electron chi connectivity index (χ4n) is 5.62. The van der Waals surface area contributed by atoms with Crippen molar-refractivity contribution in [2.75, 3.05) is 5.32 Å². The summed E-state index contributed by atoms with van der Waals surface area (Å²) >= 11 is 1.86. The molecule has 35 heavy (non-hydrogen) atoms. The van der Waals surface area contributed by atoms with Gasteiger partial charge in [-0.1, -0.05) is 18.2 Å². The number of nitrogens with one attached hydrogen (secondary N) is 1. The molecule has 0 unspecified atom stereocenters. The van der Waals surface area contributed by atoms with Crippen LogP contribution >= 0.6 is 11.3 Å². The molecule has 178 valence electrons. The minimum atomic E-state index is -0.338. The maximum atomic E-state index is 14.0. The molecule has 2 amide bonds. The lowest BCUT2D eigenvalue weighted by Crippen LogP contribution is -2.38. The van der Waals surface area contributed by atoms with Gasteiger partial charge in [-0.25, -0.2) is 9.18 Å². The van der Waals surface area contributed by atoms with Gasteiger partial charge in [-0.3, -0.25) is 0 Å². The van der Waals surface area contributed by atoms with Crippen molar-refractivity contribution < 1.29 is 9.18 Å². The molecule has 4 aromatic rings. The smallest absolute Gasteiger partial charge is 0.310 e. The van der Waals surface area contributed by atoms with E-state index in [0.29, 0.717) is 6.54 Å². The van der Waals surface area contributed by atoms with Crippen molar-refractivity contribution in [3.05, 3.63) is 105 Å². The van der Waals surface area contributed by atoms with Gasteiger partial charge in [-0.2, -0.15) is 0 Å². The van der Waals surface area contributed by atoms with Gasteiger partial charge in [0, 0.05) is 22.3 Å². The molecule has 6 rings (SSSR count). The van der Waals surface area contributed by atoms with E-state index in [-0.39, 0.29) is 17.9 Å². The summed E-state index contributed by atoms with van der Waals surface area (Å²) in [7, 11) is 0. The normalized spacial score (nSPS) is 16.8. The van der Waals surface area contributed by atoms with Gasteiger partial charge in [0.1, 0.15) is 10.8 Å². The largest absolute Gasteiger partial charge is 0.322 e. The number of benzene rings is 2. The molecule has 1 N–H and O–H groups in total. The van der Waals surface area contributed by atoms with Gasteiger partial charge in [0.25, 0.3) is 0 Å². The van der Waals surface area contributed by atoms with Gasteiger partial charge < -0.3 is 14.8 Å². The average molecular weight is 486 g/mol. The first-order valence-electron chi connectivity index (χ1n) is 12.2. The zero-order valence-corrected chi connectivity index (χ0v) is 20.8. The third-order valence-electron chi connectivity index (χ3n) is 7.10. The zero-order valence-electron chi connectivity index (χ0n) is 20.0. The second-order valence-electron chi connectivity index (χ2n) is 9.69. The number of urea groups is 1. The lowest BCUT2D eigenvalue weighted by atomic mass is 9.95. The molecule has 1 atom stereocenters. The SMILES string of the molecule is Cc1cc(C)cc(NC(=O)N2Cc3c(sc4c3CCCC4)-n3cccc3[C@H]2c2ccc(F)cc2)c1. The summed E-state index contributed by atoms with van der Waals surface area (Å²) in [5.74, 6) is -0.280. The number of halogens is 1. The molecule has 4 nitrogen and oxygen atoms in total. The van der Waals surface area contributed by atoms with Crippen LogP contribution in [0, 0.1) is 19.7 Å². The summed E-state index contributed by atoms with van der Waals surface area (Å²) in [5.41, 5.74) is 7.58. The van der Waals surface area contributed by atoms with Crippen molar-refractivity contribution in [1.82, 2.24) is 9.47 Å². The van der Waals surface area contributed by atoms with E-state index in [1.165, 1.54) is 46.0 Å². The summed E-state index contributed by atoms with van der Waals surface area (Å²) in [6, 6.07) is 16.3. The Bertz CT molecular complexity index is 1400. The molecule has 1 aliphatic carbocycles. The maximum absolute atomic E-state index is 14.0. The van der Waals surface area contributed by atoms with Crippen molar-refractivity contribution in [3.63, 3.8) is 0 Å². The lowest BCUT2D eigenvalue weighted by molar-refractivity contribution is 0.194. The van der Waals surface area contributed by atoms with Crippen molar-refractivity contribution >= 4 is 23.1 Å². The third kappa shape index (κ3) is 3.96. The molecule has 2 aliphatic rings. The van der Waals surface area contributed by atoms with Crippen LogP contribution in [0.5, 0.6) is 0 Å². The first-order valence-corrected chi connectivity index (χ1v) is 13.0.